The molecule has 2 aliphatic rings. The largest absolute Gasteiger partial charge is 0.381 e. The number of nitro benzene ring substituents is 1. The molecule has 2 atom stereocenters. The molecule has 0 spiro atoms. The SMILES string of the molecule is CN1C2CCC1CC(Nc1ccccc1Sc1ccc(Br)cc1[N+](=O)[O-])C2. The average molecular weight is 448 g/mol. The van der Waals surface area contributed by atoms with Crippen LogP contribution in [-0.4, -0.2) is 35.0 Å². The minimum absolute atomic E-state index is 0.126. The van der Waals surface area contributed by atoms with Crippen molar-refractivity contribution < 1.29 is 4.92 Å². The molecule has 142 valence electrons. The topological polar surface area (TPSA) is 58.4 Å². The van der Waals surface area contributed by atoms with Gasteiger partial charge in [0.2, 0.25) is 0 Å². The predicted molar refractivity (Wildman–Crippen MR) is 113 cm³/mol. The zero-order valence-electron chi connectivity index (χ0n) is 15.1. The molecule has 2 aliphatic heterocycles. The molecule has 7 heteroatoms. The lowest BCUT2D eigenvalue weighted by Crippen LogP contribution is -2.44. The van der Waals surface area contributed by atoms with Gasteiger partial charge in [-0.1, -0.05) is 39.8 Å². The van der Waals surface area contributed by atoms with Gasteiger partial charge < -0.3 is 10.2 Å². The zero-order chi connectivity index (χ0) is 19.0. The van der Waals surface area contributed by atoms with Crippen molar-refractivity contribution in [3.63, 3.8) is 0 Å². The third kappa shape index (κ3) is 4.00. The van der Waals surface area contributed by atoms with Crippen LogP contribution in [0.3, 0.4) is 0 Å². The van der Waals surface area contributed by atoms with Crippen LogP contribution in [0.1, 0.15) is 25.7 Å². The first kappa shape index (κ1) is 18.8. The molecule has 0 aliphatic carbocycles. The molecule has 2 unspecified atom stereocenters. The van der Waals surface area contributed by atoms with Crippen LogP contribution in [0.25, 0.3) is 0 Å². The summed E-state index contributed by atoms with van der Waals surface area (Å²) < 4.78 is 0.715. The van der Waals surface area contributed by atoms with E-state index in [2.05, 4.69) is 39.3 Å². The quantitative estimate of drug-likeness (QED) is 0.481. The highest BCUT2D eigenvalue weighted by atomic mass is 79.9. The molecule has 2 aromatic carbocycles. The van der Waals surface area contributed by atoms with E-state index in [9.17, 15) is 10.1 Å². The van der Waals surface area contributed by atoms with Crippen molar-refractivity contribution in [2.24, 2.45) is 0 Å². The van der Waals surface area contributed by atoms with Crippen molar-refractivity contribution in [2.75, 3.05) is 12.4 Å². The number of anilines is 1. The van der Waals surface area contributed by atoms with E-state index in [-0.39, 0.29) is 10.6 Å². The van der Waals surface area contributed by atoms with Crippen molar-refractivity contribution in [3.05, 3.63) is 57.1 Å². The van der Waals surface area contributed by atoms with Crippen molar-refractivity contribution in [1.82, 2.24) is 4.90 Å². The maximum Gasteiger partial charge on any atom is 0.284 e. The molecule has 2 fully saturated rings. The molecule has 1 N–H and O–H groups in total. The van der Waals surface area contributed by atoms with Crippen LogP contribution in [0.2, 0.25) is 0 Å². The molecular formula is C20H22BrN3O2S. The number of piperidine rings is 1. The van der Waals surface area contributed by atoms with E-state index in [0.29, 0.717) is 27.5 Å². The Labute approximate surface area is 171 Å². The van der Waals surface area contributed by atoms with Gasteiger partial charge >= 0.3 is 0 Å². The Bertz CT molecular complexity index is 849. The first-order valence-corrected chi connectivity index (χ1v) is 10.8. The number of nitrogens with one attached hydrogen (secondary N) is 1. The number of hydrogen-bond acceptors (Lipinski definition) is 5. The highest BCUT2D eigenvalue weighted by Crippen LogP contribution is 2.41. The van der Waals surface area contributed by atoms with E-state index in [4.69, 9.17) is 0 Å². The summed E-state index contributed by atoms with van der Waals surface area (Å²) in [6.07, 6.45) is 4.90. The van der Waals surface area contributed by atoms with Crippen LogP contribution in [0.15, 0.2) is 56.7 Å². The van der Waals surface area contributed by atoms with Crippen molar-refractivity contribution in [1.29, 1.82) is 0 Å². The molecule has 27 heavy (non-hydrogen) atoms. The lowest BCUT2D eigenvalue weighted by Gasteiger charge is -2.37. The molecule has 0 saturated carbocycles. The molecule has 5 nitrogen and oxygen atoms in total. The molecule has 0 aromatic heterocycles. The molecule has 0 amide bonds. The fourth-order valence-electron chi connectivity index (χ4n) is 4.26. The molecule has 2 bridgehead atoms. The number of rotatable bonds is 5. The standard InChI is InChI=1S/C20H22BrN3O2S/c1-23-15-7-8-16(23)12-14(11-15)22-17-4-2-3-5-19(17)27-20-9-6-13(21)10-18(20)24(25)26/h2-6,9-10,14-16,22H,7-8,11-12H2,1H3. The summed E-state index contributed by atoms with van der Waals surface area (Å²) >= 11 is 4.77. The van der Waals surface area contributed by atoms with Gasteiger partial charge in [-0.15, -0.1) is 0 Å². The third-order valence-corrected chi connectivity index (χ3v) is 7.32. The van der Waals surface area contributed by atoms with E-state index in [1.807, 2.05) is 24.3 Å². The fraction of sp³-hybridized carbons (Fsp3) is 0.400. The van der Waals surface area contributed by atoms with E-state index >= 15 is 0 Å². The van der Waals surface area contributed by atoms with Gasteiger partial charge in [-0.2, -0.15) is 0 Å². The summed E-state index contributed by atoms with van der Waals surface area (Å²) in [6, 6.07) is 15.1. The second-order valence-corrected chi connectivity index (χ2v) is 9.33. The Hall–Kier alpha value is -1.57. The number of nitrogens with zero attached hydrogens (tertiary/aromatic N) is 2. The Morgan fingerprint density at radius 2 is 1.85 bits per heavy atom. The number of fused-ring (bicyclic) bond motifs is 2. The molecule has 4 rings (SSSR count). The van der Waals surface area contributed by atoms with Gasteiger partial charge in [-0.25, -0.2) is 0 Å². The summed E-state index contributed by atoms with van der Waals surface area (Å²) in [5.41, 5.74) is 1.19. The summed E-state index contributed by atoms with van der Waals surface area (Å²) in [5.74, 6) is 0. The number of para-hydroxylation sites is 1. The summed E-state index contributed by atoms with van der Waals surface area (Å²) in [5, 5.41) is 15.2. The number of nitro groups is 1. The second kappa shape index (κ2) is 7.81. The number of benzene rings is 2. The summed E-state index contributed by atoms with van der Waals surface area (Å²) in [7, 11) is 2.25. The average Bonchev–Trinajstić information content (AvgIpc) is 2.86. The monoisotopic (exact) mass is 447 g/mol. The Balaban J connectivity index is 1.55. The first-order valence-electron chi connectivity index (χ1n) is 9.20. The number of hydrogen-bond donors (Lipinski definition) is 1. The molecule has 2 aromatic rings. The third-order valence-electron chi connectivity index (χ3n) is 5.68. The van der Waals surface area contributed by atoms with Gasteiger partial charge in [-0.3, -0.25) is 10.1 Å². The molecular weight excluding hydrogens is 426 g/mol. The van der Waals surface area contributed by atoms with Crippen LogP contribution >= 0.6 is 27.7 Å². The smallest absolute Gasteiger partial charge is 0.284 e. The Morgan fingerprint density at radius 1 is 1.15 bits per heavy atom. The zero-order valence-corrected chi connectivity index (χ0v) is 17.5. The molecule has 2 heterocycles. The minimum Gasteiger partial charge on any atom is -0.381 e. The Kier molecular flexibility index (Phi) is 5.43. The highest BCUT2D eigenvalue weighted by Gasteiger charge is 2.38. The first-order chi connectivity index (χ1) is 13.0. The summed E-state index contributed by atoms with van der Waals surface area (Å²) in [6.45, 7) is 0. The summed E-state index contributed by atoms with van der Waals surface area (Å²) in [4.78, 5) is 15.3. The van der Waals surface area contributed by atoms with Gasteiger partial charge in [-0.05, 0) is 57.0 Å². The van der Waals surface area contributed by atoms with Gasteiger partial charge in [0, 0.05) is 39.2 Å². The lowest BCUT2D eigenvalue weighted by molar-refractivity contribution is -0.387. The number of halogens is 1. The second-order valence-electron chi connectivity index (χ2n) is 7.33. The maximum atomic E-state index is 11.4. The highest BCUT2D eigenvalue weighted by molar-refractivity contribution is 9.10. The van der Waals surface area contributed by atoms with Gasteiger partial charge in [0.05, 0.1) is 9.82 Å². The van der Waals surface area contributed by atoms with Crippen molar-refractivity contribution >= 4 is 39.1 Å². The van der Waals surface area contributed by atoms with E-state index in [1.54, 1.807) is 12.1 Å². The normalized spacial score (nSPS) is 24.7. The molecule has 2 saturated heterocycles. The predicted octanol–water partition coefficient (Wildman–Crippen LogP) is 5.55. The van der Waals surface area contributed by atoms with Crippen LogP contribution in [0.5, 0.6) is 0 Å². The van der Waals surface area contributed by atoms with Crippen LogP contribution < -0.4 is 5.32 Å². The van der Waals surface area contributed by atoms with E-state index < -0.39 is 0 Å². The minimum atomic E-state index is -0.322. The fourth-order valence-corrected chi connectivity index (χ4v) is 5.61. The lowest BCUT2D eigenvalue weighted by atomic mass is 9.98. The van der Waals surface area contributed by atoms with Crippen molar-refractivity contribution in [2.45, 2.75) is 53.6 Å². The maximum absolute atomic E-state index is 11.4. The van der Waals surface area contributed by atoms with E-state index in [0.717, 1.165) is 23.4 Å². The Morgan fingerprint density at radius 3 is 2.56 bits per heavy atom. The van der Waals surface area contributed by atoms with Crippen LogP contribution in [-0.2, 0) is 0 Å². The van der Waals surface area contributed by atoms with E-state index in [1.165, 1.54) is 24.6 Å². The van der Waals surface area contributed by atoms with Gasteiger partial charge in [0.15, 0.2) is 0 Å². The van der Waals surface area contributed by atoms with Gasteiger partial charge in [0.1, 0.15) is 0 Å². The molecule has 0 radical (unpaired) electrons. The van der Waals surface area contributed by atoms with Crippen LogP contribution in [0, 0.1) is 10.1 Å². The van der Waals surface area contributed by atoms with Crippen molar-refractivity contribution in [3.8, 4) is 0 Å². The van der Waals surface area contributed by atoms with Crippen LogP contribution in [0.4, 0.5) is 11.4 Å². The van der Waals surface area contributed by atoms with Gasteiger partial charge in [0.25, 0.3) is 5.69 Å².